The minimum Gasteiger partial charge on any atom is -0.351 e. The molecule has 0 bridgehead atoms. The number of nitrogens with one attached hydrogen (secondary N) is 2. The van der Waals surface area contributed by atoms with Crippen LogP contribution in [0.15, 0.2) is 65.8 Å². The summed E-state index contributed by atoms with van der Waals surface area (Å²) >= 11 is 1.49. The van der Waals surface area contributed by atoms with Crippen molar-refractivity contribution in [3.05, 3.63) is 66.2 Å². The number of thioether (sulfide) groups is 1. The van der Waals surface area contributed by atoms with Crippen LogP contribution in [0, 0.1) is 5.92 Å². The van der Waals surface area contributed by atoms with Crippen molar-refractivity contribution >= 4 is 29.3 Å². The van der Waals surface area contributed by atoms with Crippen molar-refractivity contribution in [1.82, 2.24) is 14.8 Å². The lowest BCUT2D eigenvalue weighted by Crippen LogP contribution is -2.46. The molecule has 0 saturated heterocycles. The summed E-state index contributed by atoms with van der Waals surface area (Å²) in [5.41, 5.74) is 1.83. The molecule has 1 aliphatic rings. The van der Waals surface area contributed by atoms with Crippen LogP contribution in [-0.4, -0.2) is 33.0 Å². The SMILES string of the molecule is CSc1nc2n(n1)[C@@H](c1ccccc1)[C@H](C(=O)Nc1ccccc1)[C@@H](C)N2. The van der Waals surface area contributed by atoms with E-state index >= 15 is 0 Å². The summed E-state index contributed by atoms with van der Waals surface area (Å²) in [6, 6.07) is 19.2. The van der Waals surface area contributed by atoms with Crippen LogP contribution in [0.4, 0.5) is 11.6 Å². The summed E-state index contributed by atoms with van der Waals surface area (Å²) in [7, 11) is 0. The number of aromatic nitrogens is 3. The molecule has 0 unspecified atom stereocenters. The topological polar surface area (TPSA) is 71.8 Å². The van der Waals surface area contributed by atoms with Gasteiger partial charge in [-0.05, 0) is 30.9 Å². The van der Waals surface area contributed by atoms with Crippen LogP contribution in [0.3, 0.4) is 0 Å². The van der Waals surface area contributed by atoms with Crippen LogP contribution in [0.2, 0.25) is 0 Å². The second kappa shape index (κ2) is 7.44. The number of nitrogens with zero attached hydrogens (tertiary/aromatic N) is 3. The summed E-state index contributed by atoms with van der Waals surface area (Å²) in [5.74, 6) is 0.322. The van der Waals surface area contributed by atoms with Crippen LogP contribution >= 0.6 is 11.8 Å². The number of carbonyl (C=O) groups is 1. The summed E-state index contributed by atoms with van der Waals surface area (Å²) in [6.45, 7) is 2.02. The average Bonchev–Trinajstić information content (AvgIpc) is 3.11. The highest BCUT2D eigenvalue weighted by Crippen LogP contribution is 2.37. The molecule has 27 heavy (non-hydrogen) atoms. The zero-order valence-corrected chi connectivity index (χ0v) is 16.0. The first-order valence-electron chi connectivity index (χ1n) is 8.85. The van der Waals surface area contributed by atoms with E-state index in [9.17, 15) is 4.79 Å². The molecule has 0 aliphatic carbocycles. The van der Waals surface area contributed by atoms with Gasteiger partial charge in [0.15, 0.2) is 0 Å². The monoisotopic (exact) mass is 379 g/mol. The molecule has 0 saturated carbocycles. The van der Waals surface area contributed by atoms with Gasteiger partial charge in [-0.1, -0.05) is 60.3 Å². The number of rotatable bonds is 4. The molecule has 0 fully saturated rings. The number of anilines is 2. The second-order valence-electron chi connectivity index (χ2n) is 6.54. The van der Waals surface area contributed by atoms with E-state index in [4.69, 9.17) is 0 Å². The van der Waals surface area contributed by atoms with Crippen LogP contribution in [0.5, 0.6) is 0 Å². The van der Waals surface area contributed by atoms with E-state index in [2.05, 4.69) is 20.7 Å². The largest absolute Gasteiger partial charge is 0.351 e. The zero-order valence-electron chi connectivity index (χ0n) is 15.2. The van der Waals surface area contributed by atoms with Crippen LogP contribution in [0.25, 0.3) is 0 Å². The van der Waals surface area contributed by atoms with Crippen molar-refractivity contribution in [2.24, 2.45) is 5.92 Å². The molecular formula is C20H21N5OS. The van der Waals surface area contributed by atoms with E-state index < -0.39 is 0 Å². The van der Waals surface area contributed by atoms with Gasteiger partial charge in [-0.25, -0.2) is 4.68 Å². The third kappa shape index (κ3) is 3.42. The Balaban J connectivity index is 1.75. The number of fused-ring (bicyclic) bond motifs is 1. The van der Waals surface area contributed by atoms with Crippen LogP contribution in [-0.2, 0) is 4.79 Å². The van der Waals surface area contributed by atoms with Gasteiger partial charge in [0, 0.05) is 11.7 Å². The Morgan fingerprint density at radius 2 is 1.78 bits per heavy atom. The predicted molar refractivity (Wildman–Crippen MR) is 108 cm³/mol. The van der Waals surface area contributed by atoms with E-state index in [0.29, 0.717) is 11.1 Å². The van der Waals surface area contributed by atoms with Gasteiger partial charge < -0.3 is 10.6 Å². The molecule has 7 heteroatoms. The third-order valence-electron chi connectivity index (χ3n) is 4.78. The first kappa shape index (κ1) is 17.6. The molecule has 2 N–H and O–H groups in total. The van der Waals surface area contributed by atoms with Gasteiger partial charge in [-0.2, -0.15) is 4.98 Å². The van der Waals surface area contributed by atoms with Gasteiger partial charge in [0.25, 0.3) is 0 Å². The van der Waals surface area contributed by atoms with E-state index in [-0.39, 0.29) is 23.9 Å². The fourth-order valence-corrected chi connectivity index (χ4v) is 3.87. The van der Waals surface area contributed by atoms with Crippen LogP contribution < -0.4 is 10.6 Å². The van der Waals surface area contributed by atoms with Crippen LogP contribution in [0.1, 0.15) is 18.5 Å². The molecule has 1 aliphatic heterocycles. The van der Waals surface area contributed by atoms with E-state index in [1.54, 1.807) is 0 Å². The quantitative estimate of drug-likeness (QED) is 0.677. The Morgan fingerprint density at radius 3 is 2.44 bits per heavy atom. The van der Waals surface area contributed by atoms with E-state index in [1.165, 1.54) is 11.8 Å². The van der Waals surface area contributed by atoms with Gasteiger partial charge in [0.05, 0.1) is 12.0 Å². The first-order chi connectivity index (χ1) is 13.2. The fraction of sp³-hybridized carbons (Fsp3) is 0.250. The standard InChI is InChI=1S/C20H21N5OS/c1-13-16(18(26)22-15-11-7-4-8-12-15)17(14-9-5-3-6-10-14)25-19(21-13)23-20(24-25)27-2/h3-13,16-17H,1-2H3,(H,22,26)(H,21,23,24)/t13-,16-,17+/m1/s1. The van der Waals surface area contributed by atoms with Gasteiger partial charge in [0.2, 0.25) is 17.0 Å². The predicted octanol–water partition coefficient (Wildman–Crippen LogP) is 3.66. The lowest BCUT2D eigenvalue weighted by atomic mass is 9.85. The normalized spacial score (nSPS) is 21.2. The molecule has 138 valence electrons. The molecule has 6 nitrogen and oxygen atoms in total. The first-order valence-corrected chi connectivity index (χ1v) is 10.1. The summed E-state index contributed by atoms with van der Waals surface area (Å²) < 4.78 is 1.84. The molecule has 2 heterocycles. The van der Waals surface area contributed by atoms with Gasteiger partial charge in [-0.3, -0.25) is 4.79 Å². The molecule has 0 radical (unpaired) electrons. The number of hydrogen-bond acceptors (Lipinski definition) is 5. The summed E-state index contributed by atoms with van der Waals surface area (Å²) in [5, 5.41) is 11.7. The van der Waals surface area contributed by atoms with Crippen molar-refractivity contribution in [3.63, 3.8) is 0 Å². The van der Waals surface area contributed by atoms with Gasteiger partial charge in [0.1, 0.15) is 0 Å². The zero-order chi connectivity index (χ0) is 18.8. The molecular weight excluding hydrogens is 358 g/mol. The molecule has 2 aromatic carbocycles. The maximum absolute atomic E-state index is 13.2. The summed E-state index contributed by atoms with van der Waals surface area (Å²) in [4.78, 5) is 17.8. The molecule has 1 aromatic heterocycles. The smallest absolute Gasteiger partial charge is 0.232 e. The minimum atomic E-state index is -0.337. The maximum atomic E-state index is 13.2. The lowest BCUT2D eigenvalue weighted by molar-refractivity contribution is -0.121. The molecule has 4 rings (SSSR count). The molecule has 0 spiro atoms. The molecule has 3 aromatic rings. The minimum absolute atomic E-state index is 0.0399. The van der Waals surface area contributed by atoms with E-state index in [0.717, 1.165) is 11.3 Å². The highest BCUT2D eigenvalue weighted by Gasteiger charge is 2.41. The van der Waals surface area contributed by atoms with E-state index in [1.807, 2.05) is 78.5 Å². The summed E-state index contributed by atoms with van der Waals surface area (Å²) in [6.07, 6.45) is 1.95. The number of carbonyl (C=O) groups excluding carboxylic acids is 1. The Kier molecular flexibility index (Phi) is 4.85. The highest BCUT2D eigenvalue weighted by atomic mass is 32.2. The third-order valence-corrected chi connectivity index (χ3v) is 5.32. The number of para-hydroxylation sites is 1. The van der Waals surface area contributed by atoms with Gasteiger partial charge in [-0.15, -0.1) is 5.10 Å². The molecule has 1 amide bonds. The number of hydrogen-bond donors (Lipinski definition) is 2. The Hall–Kier alpha value is -2.80. The van der Waals surface area contributed by atoms with Crippen molar-refractivity contribution in [2.75, 3.05) is 16.9 Å². The Labute approximate surface area is 162 Å². The highest BCUT2D eigenvalue weighted by molar-refractivity contribution is 7.98. The lowest BCUT2D eigenvalue weighted by Gasteiger charge is -2.36. The van der Waals surface area contributed by atoms with Crippen molar-refractivity contribution in [3.8, 4) is 0 Å². The number of benzene rings is 2. The van der Waals surface area contributed by atoms with Gasteiger partial charge >= 0.3 is 0 Å². The molecule has 3 atom stereocenters. The number of amides is 1. The second-order valence-corrected chi connectivity index (χ2v) is 7.31. The van der Waals surface area contributed by atoms with Crippen molar-refractivity contribution in [1.29, 1.82) is 0 Å². The Morgan fingerprint density at radius 1 is 1.11 bits per heavy atom. The van der Waals surface area contributed by atoms with Crippen molar-refractivity contribution in [2.45, 2.75) is 24.2 Å². The Bertz CT molecular complexity index is 928. The van der Waals surface area contributed by atoms with Crippen molar-refractivity contribution < 1.29 is 4.79 Å². The average molecular weight is 379 g/mol. The maximum Gasteiger partial charge on any atom is 0.232 e. The fourth-order valence-electron chi connectivity index (χ4n) is 3.52.